The van der Waals surface area contributed by atoms with E-state index in [1.807, 2.05) is 36.4 Å². The molecule has 0 radical (unpaired) electrons. The van der Waals surface area contributed by atoms with Crippen molar-refractivity contribution in [2.45, 2.75) is 28.7 Å². The van der Waals surface area contributed by atoms with E-state index in [4.69, 9.17) is 0 Å². The maximum Gasteiger partial charge on any atom is 0.229 e. The summed E-state index contributed by atoms with van der Waals surface area (Å²) in [7, 11) is -3.43. The molecule has 7 nitrogen and oxygen atoms in total. The summed E-state index contributed by atoms with van der Waals surface area (Å²) >= 11 is 6.30. The third-order valence-electron chi connectivity index (χ3n) is 5.30. The van der Waals surface area contributed by atoms with Gasteiger partial charge < -0.3 is 5.32 Å². The van der Waals surface area contributed by atoms with E-state index in [0.29, 0.717) is 31.1 Å². The van der Waals surface area contributed by atoms with Gasteiger partial charge in [0.25, 0.3) is 0 Å². The van der Waals surface area contributed by atoms with Crippen LogP contribution in [0.15, 0.2) is 63.4 Å². The van der Waals surface area contributed by atoms with Gasteiger partial charge in [0.2, 0.25) is 21.1 Å². The first kappa shape index (κ1) is 24.3. The number of hydrogen-bond acceptors (Lipinski definition) is 7. The first-order chi connectivity index (χ1) is 15.9. The maximum absolute atomic E-state index is 12.8. The Hall–Kier alpha value is -1.79. The van der Waals surface area contributed by atoms with Crippen molar-refractivity contribution in [2.24, 2.45) is 5.92 Å². The second-order valence-electron chi connectivity index (χ2n) is 7.70. The molecular weight excluding hydrogens is 544 g/mol. The molecule has 4 rings (SSSR count). The van der Waals surface area contributed by atoms with Gasteiger partial charge in [-0.3, -0.25) is 4.79 Å². The van der Waals surface area contributed by atoms with E-state index in [9.17, 15) is 13.2 Å². The highest BCUT2D eigenvalue weighted by Crippen LogP contribution is 2.29. The lowest BCUT2D eigenvalue weighted by Gasteiger charge is -2.30. The molecule has 0 atom stereocenters. The Balaban J connectivity index is 1.26. The summed E-state index contributed by atoms with van der Waals surface area (Å²) in [5, 5.41) is 11.5. The Morgan fingerprint density at radius 2 is 1.82 bits per heavy atom. The van der Waals surface area contributed by atoms with Crippen LogP contribution in [-0.2, 0) is 26.3 Å². The van der Waals surface area contributed by atoms with E-state index in [-0.39, 0.29) is 17.6 Å². The number of piperidine rings is 1. The first-order valence-electron chi connectivity index (χ1n) is 10.4. The Morgan fingerprint density at radius 3 is 2.55 bits per heavy atom. The summed E-state index contributed by atoms with van der Waals surface area (Å²) in [4.78, 5) is 12.7. The van der Waals surface area contributed by atoms with Crippen LogP contribution in [0.25, 0.3) is 0 Å². The van der Waals surface area contributed by atoms with Gasteiger partial charge in [0.1, 0.15) is 0 Å². The van der Waals surface area contributed by atoms with Gasteiger partial charge in [-0.15, -0.1) is 10.2 Å². The predicted molar refractivity (Wildman–Crippen MR) is 136 cm³/mol. The summed E-state index contributed by atoms with van der Waals surface area (Å²) in [6, 6.07) is 17.4. The fraction of sp³-hybridized carbons (Fsp3) is 0.318. The van der Waals surface area contributed by atoms with Crippen molar-refractivity contribution in [1.82, 2.24) is 14.5 Å². The summed E-state index contributed by atoms with van der Waals surface area (Å²) in [5.74, 6) is 0.370. The number of hydrogen-bond donors (Lipinski definition) is 1. The molecule has 2 aromatic carbocycles. The molecule has 0 bridgehead atoms. The zero-order chi connectivity index (χ0) is 23.3. The average molecular weight is 568 g/mol. The number of sulfonamides is 1. The topological polar surface area (TPSA) is 92.3 Å². The van der Waals surface area contributed by atoms with E-state index in [2.05, 4.69) is 43.6 Å². The minimum absolute atomic E-state index is 0.0441. The van der Waals surface area contributed by atoms with Crippen LogP contribution in [0, 0.1) is 5.92 Å². The first-order valence-corrected chi connectivity index (χ1v) is 14.6. The molecule has 1 aliphatic heterocycles. The van der Waals surface area contributed by atoms with Gasteiger partial charge in [-0.2, -0.15) is 0 Å². The quantitative estimate of drug-likeness (QED) is 0.312. The van der Waals surface area contributed by atoms with Crippen molar-refractivity contribution in [2.75, 3.05) is 18.4 Å². The van der Waals surface area contributed by atoms with E-state index in [1.165, 1.54) is 21.2 Å². The second-order valence-corrected chi connectivity index (χ2v) is 12.8. The Kier molecular flexibility index (Phi) is 8.18. The molecule has 3 aromatic rings. The molecule has 0 spiro atoms. The molecule has 1 saturated heterocycles. The SMILES string of the molecule is O=C(Nc1nnc(SCc2ccccc2)s1)C1CCN(S(=O)(=O)Cc2cccc(Br)c2)CC1. The normalized spacial score (nSPS) is 15.4. The molecule has 1 amide bonds. The highest BCUT2D eigenvalue weighted by Gasteiger charge is 2.31. The standard InChI is InChI=1S/C22H23BrN4O3S3/c23-19-8-4-7-17(13-19)15-33(29,30)27-11-9-18(10-12-27)20(28)24-21-25-26-22(32-21)31-14-16-5-2-1-3-6-16/h1-8,13,18H,9-12,14-15H2,(H,24,25,28). The van der Waals surface area contributed by atoms with Crippen LogP contribution >= 0.6 is 39.0 Å². The second kappa shape index (κ2) is 11.1. The molecular formula is C22H23BrN4O3S3. The maximum atomic E-state index is 12.8. The van der Waals surface area contributed by atoms with Crippen molar-refractivity contribution in [3.8, 4) is 0 Å². The molecule has 1 fully saturated rings. The molecule has 0 aliphatic carbocycles. The van der Waals surface area contributed by atoms with Crippen LogP contribution in [-0.4, -0.2) is 41.9 Å². The van der Waals surface area contributed by atoms with Crippen molar-refractivity contribution >= 4 is 60.1 Å². The molecule has 33 heavy (non-hydrogen) atoms. The number of aromatic nitrogens is 2. The summed E-state index contributed by atoms with van der Waals surface area (Å²) in [6.07, 6.45) is 0.968. The number of amides is 1. The number of carbonyl (C=O) groups is 1. The van der Waals surface area contributed by atoms with Crippen molar-refractivity contribution in [1.29, 1.82) is 0 Å². The number of nitrogens with one attached hydrogen (secondary N) is 1. The van der Waals surface area contributed by atoms with Gasteiger partial charge in [-0.25, -0.2) is 12.7 Å². The Labute approximate surface area is 210 Å². The van der Waals surface area contributed by atoms with Crippen LogP contribution in [0.4, 0.5) is 5.13 Å². The number of thioether (sulfide) groups is 1. The van der Waals surface area contributed by atoms with E-state index < -0.39 is 10.0 Å². The number of nitrogens with zero attached hydrogens (tertiary/aromatic N) is 3. The Morgan fingerprint density at radius 1 is 1.09 bits per heavy atom. The summed E-state index contributed by atoms with van der Waals surface area (Å²) in [6.45, 7) is 0.672. The molecule has 1 N–H and O–H groups in total. The molecule has 0 saturated carbocycles. The fourth-order valence-corrected chi connectivity index (χ4v) is 7.28. The van der Waals surface area contributed by atoms with E-state index in [0.717, 1.165) is 20.1 Å². The monoisotopic (exact) mass is 566 g/mol. The minimum atomic E-state index is -3.43. The molecule has 2 heterocycles. The van der Waals surface area contributed by atoms with E-state index >= 15 is 0 Å². The van der Waals surface area contributed by atoms with Crippen molar-refractivity contribution in [3.63, 3.8) is 0 Å². The van der Waals surface area contributed by atoms with Crippen molar-refractivity contribution < 1.29 is 13.2 Å². The Bertz CT molecular complexity index is 1200. The van der Waals surface area contributed by atoms with Crippen molar-refractivity contribution in [3.05, 3.63) is 70.2 Å². The number of anilines is 1. The average Bonchev–Trinajstić information content (AvgIpc) is 3.25. The third kappa shape index (κ3) is 6.86. The lowest BCUT2D eigenvalue weighted by molar-refractivity contribution is -0.120. The van der Waals surface area contributed by atoms with Gasteiger partial charge in [0.05, 0.1) is 5.75 Å². The van der Waals surface area contributed by atoms with Gasteiger partial charge in [0, 0.05) is 29.2 Å². The zero-order valence-electron chi connectivity index (χ0n) is 17.7. The molecule has 11 heteroatoms. The van der Waals surface area contributed by atoms with Gasteiger partial charge in [0.15, 0.2) is 4.34 Å². The largest absolute Gasteiger partial charge is 0.300 e. The molecule has 0 unspecified atom stereocenters. The molecule has 1 aliphatic rings. The van der Waals surface area contributed by atoms with E-state index in [1.54, 1.807) is 17.8 Å². The van der Waals surface area contributed by atoms with Crippen LogP contribution < -0.4 is 5.32 Å². The molecule has 174 valence electrons. The van der Waals surface area contributed by atoms with Crippen LogP contribution in [0.1, 0.15) is 24.0 Å². The third-order valence-corrected chi connectivity index (χ3v) is 9.68. The van der Waals surface area contributed by atoms with Crippen LogP contribution in [0.3, 0.4) is 0 Å². The number of benzene rings is 2. The number of rotatable bonds is 8. The van der Waals surface area contributed by atoms with Crippen LogP contribution in [0.2, 0.25) is 0 Å². The predicted octanol–water partition coefficient (Wildman–Crippen LogP) is 4.77. The van der Waals surface area contributed by atoms with Crippen LogP contribution in [0.5, 0.6) is 0 Å². The smallest absolute Gasteiger partial charge is 0.229 e. The summed E-state index contributed by atoms with van der Waals surface area (Å²) < 4.78 is 28.7. The summed E-state index contributed by atoms with van der Waals surface area (Å²) in [5.41, 5.74) is 1.94. The number of halogens is 1. The van der Waals surface area contributed by atoms with Gasteiger partial charge >= 0.3 is 0 Å². The fourth-order valence-electron chi connectivity index (χ4n) is 3.57. The zero-order valence-corrected chi connectivity index (χ0v) is 21.7. The van der Waals surface area contributed by atoms with Gasteiger partial charge in [-0.05, 0) is 36.1 Å². The highest BCUT2D eigenvalue weighted by atomic mass is 79.9. The number of carbonyl (C=O) groups excluding carboxylic acids is 1. The highest BCUT2D eigenvalue weighted by molar-refractivity contribution is 9.10. The minimum Gasteiger partial charge on any atom is -0.300 e. The van der Waals surface area contributed by atoms with Gasteiger partial charge in [-0.1, -0.05) is 81.5 Å². The lowest BCUT2D eigenvalue weighted by atomic mass is 9.97. The molecule has 1 aromatic heterocycles. The lowest BCUT2D eigenvalue weighted by Crippen LogP contribution is -2.41.